The lowest BCUT2D eigenvalue weighted by Gasteiger charge is -2.05. The molecule has 0 saturated carbocycles. The molecule has 6 nitrogen and oxygen atoms in total. The van der Waals surface area contributed by atoms with Crippen LogP contribution < -0.4 is 11.3 Å². The Labute approximate surface area is 109 Å². The van der Waals surface area contributed by atoms with Crippen molar-refractivity contribution in [2.45, 2.75) is 18.1 Å². The third-order valence-corrected chi connectivity index (χ3v) is 3.57. The number of nitrogen functional groups attached to an aromatic ring is 1. The minimum Gasteiger partial charge on any atom is -0.398 e. The lowest BCUT2D eigenvalue weighted by atomic mass is 10.4. The molecule has 2 aromatic heterocycles. The molecule has 0 fully saturated rings. The minimum absolute atomic E-state index is 0.0205. The van der Waals surface area contributed by atoms with E-state index in [-0.39, 0.29) is 5.56 Å². The Morgan fingerprint density at radius 1 is 1.44 bits per heavy atom. The average molecular weight is 265 g/mol. The largest absolute Gasteiger partial charge is 0.398 e. The second-order valence-electron chi connectivity index (χ2n) is 3.92. The molecule has 7 heteroatoms. The molecule has 18 heavy (non-hydrogen) atoms. The molecule has 0 saturated heterocycles. The van der Waals surface area contributed by atoms with Gasteiger partial charge in [-0.15, -0.1) is 10.2 Å². The van der Waals surface area contributed by atoms with E-state index in [2.05, 4.69) is 10.2 Å². The first kappa shape index (κ1) is 12.7. The highest BCUT2D eigenvalue weighted by molar-refractivity contribution is 7.99. The quantitative estimate of drug-likeness (QED) is 0.637. The lowest BCUT2D eigenvalue weighted by Crippen LogP contribution is -2.19. The van der Waals surface area contributed by atoms with Gasteiger partial charge in [-0.05, 0) is 12.5 Å². The summed E-state index contributed by atoms with van der Waals surface area (Å²) in [6.07, 6.45) is 4.22. The molecular weight excluding hydrogens is 250 g/mol. The number of anilines is 1. The minimum atomic E-state index is -0.0205. The van der Waals surface area contributed by atoms with Crippen LogP contribution in [0.2, 0.25) is 0 Å². The summed E-state index contributed by atoms with van der Waals surface area (Å²) in [5.74, 6) is 0.883. The summed E-state index contributed by atoms with van der Waals surface area (Å²) in [5.41, 5.74) is 6.23. The van der Waals surface area contributed by atoms with Gasteiger partial charge in [-0.1, -0.05) is 11.8 Å². The number of aryl methyl sites for hydroxylation is 2. The highest BCUT2D eigenvalue weighted by atomic mass is 32.2. The van der Waals surface area contributed by atoms with Gasteiger partial charge in [0.15, 0.2) is 5.16 Å². The maximum absolute atomic E-state index is 11.5. The van der Waals surface area contributed by atoms with Crippen LogP contribution in [0.5, 0.6) is 0 Å². The van der Waals surface area contributed by atoms with Crippen molar-refractivity contribution in [1.29, 1.82) is 0 Å². The molecule has 2 aromatic rings. The van der Waals surface area contributed by atoms with E-state index in [9.17, 15) is 4.79 Å². The smallest absolute Gasteiger partial charge is 0.250 e. The molecule has 0 atom stereocenters. The van der Waals surface area contributed by atoms with Gasteiger partial charge in [0, 0.05) is 37.3 Å². The van der Waals surface area contributed by atoms with Crippen molar-refractivity contribution in [2.24, 2.45) is 7.05 Å². The summed E-state index contributed by atoms with van der Waals surface area (Å²) in [4.78, 5) is 11.5. The second-order valence-corrected chi connectivity index (χ2v) is 4.98. The second kappa shape index (κ2) is 5.72. The number of nitrogens with two attached hydrogens (primary N) is 1. The fraction of sp³-hybridized carbons (Fsp3) is 0.364. The molecule has 2 N–H and O–H groups in total. The third-order valence-electron chi connectivity index (χ3n) is 2.45. The number of pyridine rings is 1. The Bertz CT molecular complexity index is 577. The molecule has 0 aliphatic heterocycles. The van der Waals surface area contributed by atoms with Crippen molar-refractivity contribution >= 4 is 17.4 Å². The van der Waals surface area contributed by atoms with Crippen molar-refractivity contribution in [3.8, 4) is 0 Å². The molecule has 0 aromatic carbocycles. The van der Waals surface area contributed by atoms with Crippen LogP contribution >= 0.6 is 11.8 Å². The van der Waals surface area contributed by atoms with E-state index in [1.807, 2.05) is 11.6 Å². The van der Waals surface area contributed by atoms with E-state index in [4.69, 9.17) is 5.73 Å². The van der Waals surface area contributed by atoms with E-state index < -0.39 is 0 Å². The number of rotatable bonds is 5. The van der Waals surface area contributed by atoms with Gasteiger partial charge in [0.25, 0.3) is 5.56 Å². The van der Waals surface area contributed by atoms with Crippen LogP contribution in [0.25, 0.3) is 0 Å². The van der Waals surface area contributed by atoms with Crippen molar-refractivity contribution in [3.05, 3.63) is 35.0 Å². The summed E-state index contributed by atoms with van der Waals surface area (Å²) in [6, 6.07) is 3.11. The van der Waals surface area contributed by atoms with Gasteiger partial charge in [-0.2, -0.15) is 0 Å². The average Bonchev–Trinajstić information content (AvgIpc) is 2.75. The van der Waals surface area contributed by atoms with Gasteiger partial charge >= 0.3 is 0 Å². The molecular formula is C11H15N5OS. The van der Waals surface area contributed by atoms with Gasteiger partial charge in [0.05, 0.1) is 0 Å². The standard InChI is InChI=1S/C11H15N5OS/c1-15-8-13-14-11(15)18-6-2-5-16-7-9(12)3-4-10(16)17/h3-4,7-8H,2,5-6,12H2,1H3. The lowest BCUT2D eigenvalue weighted by molar-refractivity contribution is 0.659. The predicted molar refractivity (Wildman–Crippen MR) is 71.5 cm³/mol. The van der Waals surface area contributed by atoms with Gasteiger partial charge in [0.1, 0.15) is 6.33 Å². The topological polar surface area (TPSA) is 78.7 Å². The molecule has 0 amide bonds. The van der Waals surface area contributed by atoms with Crippen molar-refractivity contribution in [3.63, 3.8) is 0 Å². The van der Waals surface area contributed by atoms with Crippen molar-refractivity contribution < 1.29 is 0 Å². The Balaban J connectivity index is 1.84. The zero-order chi connectivity index (χ0) is 13.0. The fourth-order valence-electron chi connectivity index (χ4n) is 1.53. The zero-order valence-electron chi connectivity index (χ0n) is 10.1. The van der Waals surface area contributed by atoms with Gasteiger partial charge < -0.3 is 14.9 Å². The molecule has 96 valence electrons. The van der Waals surface area contributed by atoms with E-state index >= 15 is 0 Å². The fourth-order valence-corrected chi connectivity index (χ4v) is 2.34. The highest BCUT2D eigenvalue weighted by Crippen LogP contribution is 2.14. The molecule has 0 aliphatic carbocycles. The number of thioether (sulfide) groups is 1. The number of hydrogen-bond acceptors (Lipinski definition) is 5. The maximum atomic E-state index is 11.5. The van der Waals surface area contributed by atoms with Crippen LogP contribution in [0.1, 0.15) is 6.42 Å². The Kier molecular flexibility index (Phi) is 4.03. The molecule has 2 rings (SSSR count). The number of aromatic nitrogens is 4. The number of hydrogen-bond donors (Lipinski definition) is 1. The molecule has 0 bridgehead atoms. The van der Waals surface area contributed by atoms with Crippen LogP contribution in [0.4, 0.5) is 5.69 Å². The molecule has 2 heterocycles. The van der Waals surface area contributed by atoms with Gasteiger partial charge in [0.2, 0.25) is 0 Å². The van der Waals surface area contributed by atoms with E-state index in [1.54, 1.807) is 34.9 Å². The van der Waals surface area contributed by atoms with Crippen LogP contribution in [0, 0.1) is 0 Å². The first-order valence-corrected chi connectivity index (χ1v) is 6.58. The number of nitrogens with zero attached hydrogens (tertiary/aromatic N) is 4. The predicted octanol–water partition coefficient (Wildman–Crippen LogP) is 0.741. The van der Waals surface area contributed by atoms with Gasteiger partial charge in [-0.25, -0.2) is 0 Å². The zero-order valence-corrected chi connectivity index (χ0v) is 10.9. The summed E-state index contributed by atoms with van der Waals surface area (Å²) in [6.45, 7) is 0.661. The van der Waals surface area contributed by atoms with Crippen LogP contribution in [0.3, 0.4) is 0 Å². The molecule has 0 aliphatic rings. The van der Waals surface area contributed by atoms with E-state index in [1.165, 1.54) is 6.07 Å². The van der Waals surface area contributed by atoms with Gasteiger partial charge in [-0.3, -0.25) is 4.79 Å². The van der Waals surface area contributed by atoms with Crippen molar-refractivity contribution in [1.82, 2.24) is 19.3 Å². The molecule has 0 spiro atoms. The van der Waals surface area contributed by atoms with Crippen molar-refractivity contribution in [2.75, 3.05) is 11.5 Å². The Morgan fingerprint density at radius 2 is 2.28 bits per heavy atom. The SMILES string of the molecule is Cn1cnnc1SCCCn1cc(N)ccc1=O. The first-order valence-electron chi connectivity index (χ1n) is 5.59. The van der Waals surface area contributed by atoms with E-state index in [0.717, 1.165) is 17.3 Å². The Hall–Kier alpha value is -1.76. The van der Waals surface area contributed by atoms with E-state index in [0.29, 0.717) is 12.2 Å². The summed E-state index contributed by atoms with van der Waals surface area (Å²) in [7, 11) is 1.91. The summed E-state index contributed by atoms with van der Waals surface area (Å²) >= 11 is 1.63. The molecule has 0 radical (unpaired) electrons. The summed E-state index contributed by atoms with van der Waals surface area (Å²) in [5, 5.41) is 8.67. The third kappa shape index (κ3) is 3.13. The Morgan fingerprint density at radius 3 is 3.00 bits per heavy atom. The normalized spacial score (nSPS) is 10.7. The highest BCUT2D eigenvalue weighted by Gasteiger charge is 2.01. The molecule has 0 unspecified atom stereocenters. The first-order chi connectivity index (χ1) is 8.66. The van der Waals surface area contributed by atoms with Crippen LogP contribution in [-0.4, -0.2) is 25.1 Å². The van der Waals surface area contributed by atoms with Crippen LogP contribution in [0.15, 0.2) is 34.6 Å². The summed E-state index contributed by atoms with van der Waals surface area (Å²) < 4.78 is 3.50. The monoisotopic (exact) mass is 265 g/mol. The maximum Gasteiger partial charge on any atom is 0.250 e. The van der Waals surface area contributed by atoms with Crippen LogP contribution in [-0.2, 0) is 13.6 Å².